The van der Waals surface area contributed by atoms with Crippen LogP contribution in [0.2, 0.25) is 0 Å². The lowest BCUT2D eigenvalue weighted by Gasteiger charge is -2.17. The van der Waals surface area contributed by atoms with Gasteiger partial charge in [-0.1, -0.05) is 0 Å². The van der Waals surface area contributed by atoms with E-state index >= 15 is 0 Å². The Morgan fingerprint density at radius 2 is 2.18 bits per heavy atom. The Bertz CT molecular complexity index is 455. The van der Waals surface area contributed by atoms with Gasteiger partial charge in [-0.3, -0.25) is 4.79 Å². The minimum Gasteiger partial charge on any atom is -0.382 e. The quantitative estimate of drug-likeness (QED) is 0.843. The molecule has 2 rings (SSSR count). The lowest BCUT2D eigenvalue weighted by Crippen LogP contribution is -2.19. The number of amides is 1. The van der Waals surface area contributed by atoms with Crippen molar-refractivity contribution in [3.05, 3.63) is 29.1 Å². The summed E-state index contributed by atoms with van der Waals surface area (Å²) in [4.78, 5) is 11.1. The number of hydrogen-bond donors (Lipinski definition) is 2. The van der Waals surface area contributed by atoms with Gasteiger partial charge in [-0.2, -0.15) is 0 Å². The monoisotopic (exact) mass is 236 g/mol. The van der Waals surface area contributed by atoms with E-state index in [1.165, 1.54) is 18.9 Å². The van der Waals surface area contributed by atoms with Gasteiger partial charge >= 0.3 is 0 Å². The lowest BCUT2D eigenvalue weighted by molar-refractivity contribution is 0.1000. The van der Waals surface area contributed by atoms with Crippen molar-refractivity contribution in [1.82, 2.24) is 0 Å². The summed E-state index contributed by atoms with van der Waals surface area (Å²) in [5, 5.41) is 3.26. The van der Waals surface area contributed by atoms with Crippen molar-refractivity contribution in [2.24, 2.45) is 11.7 Å². The third-order valence-electron chi connectivity index (χ3n) is 3.34. The lowest BCUT2D eigenvalue weighted by atomic mass is 10.1. The van der Waals surface area contributed by atoms with Gasteiger partial charge in [-0.05, 0) is 44.7 Å². The topological polar surface area (TPSA) is 55.1 Å². The molecule has 1 atom stereocenters. The maximum atomic E-state index is 13.6. The number of benzene rings is 1. The molecule has 3 N–H and O–H groups in total. The van der Waals surface area contributed by atoms with Gasteiger partial charge in [0.15, 0.2) is 0 Å². The third kappa shape index (κ3) is 2.57. The normalized spacial score (nSPS) is 16.6. The largest absolute Gasteiger partial charge is 0.382 e. The van der Waals surface area contributed by atoms with Crippen molar-refractivity contribution in [1.29, 1.82) is 0 Å². The summed E-state index contributed by atoms with van der Waals surface area (Å²) in [7, 11) is 0. The summed E-state index contributed by atoms with van der Waals surface area (Å²) >= 11 is 0. The second kappa shape index (κ2) is 4.35. The first-order valence-electron chi connectivity index (χ1n) is 5.85. The van der Waals surface area contributed by atoms with E-state index in [0.29, 0.717) is 23.2 Å². The average Bonchev–Trinajstić information content (AvgIpc) is 3.07. The molecule has 17 heavy (non-hydrogen) atoms. The van der Waals surface area contributed by atoms with E-state index in [9.17, 15) is 9.18 Å². The second-order valence-electron chi connectivity index (χ2n) is 4.77. The Morgan fingerprint density at radius 3 is 2.71 bits per heavy atom. The van der Waals surface area contributed by atoms with E-state index in [1.807, 2.05) is 0 Å². The molecule has 1 amide bonds. The summed E-state index contributed by atoms with van der Waals surface area (Å²) in [6.07, 6.45) is 2.43. The summed E-state index contributed by atoms with van der Waals surface area (Å²) in [6, 6.07) is 3.11. The molecule has 1 aromatic rings. The Morgan fingerprint density at radius 1 is 1.53 bits per heavy atom. The van der Waals surface area contributed by atoms with Crippen LogP contribution in [0.5, 0.6) is 0 Å². The van der Waals surface area contributed by atoms with Crippen LogP contribution in [0, 0.1) is 18.7 Å². The van der Waals surface area contributed by atoms with E-state index in [1.54, 1.807) is 13.0 Å². The number of halogens is 1. The third-order valence-corrected chi connectivity index (χ3v) is 3.34. The van der Waals surface area contributed by atoms with Gasteiger partial charge < -0.3 is 11.1 Å². The molecule has 1 unspecified atom stereocenters. The van der Waals surface area contributed by atoms with E-state index in [4.69, 9.17) is 5.73 Å². The highest BCUT2D eigenvalue weighted by atomic mass is 19.1. The molecule has 92 valence electrons. The summed E-state index contributed by atoms with van der Waals surface area (Å²) in [6.45, 7) is 3.77. The van der Waals surface area contributed by atoms with Crippen LogP contribution in [0.15, 0.2) is 12.1 Å². The Kier molecular flexibility index (Phi) is 3.05. The molecule has 0 saturated heterocycles. The smallest absolute Gasteiger partial charge is 0.248 e. The van der Waals surface area contributed by atoms with E-state index < -0.39 is 11.7 Å². The molecule has 1 aliphatic carbocycles. The zero-order valence-corrected chi connectivity index (χ0v) is 10.1. The van der Waals surface area contributed by atoms with Crippen molar-refractivity contribution >= 4 is 11.6 Å². The maximum Gasteiger partial charge on any atom is 0.248 e. The van der Waals surface area contributed by atoms with Crippen LogP contribution >= 0.6 is 0 Å². The molecular weight excluding hydrogens is 219 g/mol. The van der Waals surface area contributed by atoms with Crippen LogP contribution in [-0.2, 0) is 0 Å². The van der Waals surface area contributed by atoms with E-state index in [2.05, 4.69) is 12.2 Å². The van der Waals surface area contributed by atoms with Crippen molar-refractivity contribution in [2.45, 2.75) is 32.7 Å². The van der Waals surface area contributed by atoms with Gasteiger partial charge in [0.05, 0.1) is 0 Å². The van der Waals surface area contributed by atoms with Gasteiger partial charge in [0.1, 0.15) is 5.82 Å². The number of rotatable bonds is 4. The fourth-order valence-electron chi connectivity index (χ4n) is 1.93. The molecular formula is C13H17FN2O. The van der Waals surface area contributed by atoms with Crippen molar-refractivity contribution in [2.75, 3.05) is 5.32 Å². The number of nitrogens with one attached hydrogen (secondary N) is 1. The summed E-state index contributed by atoms with van der Waals surface area (Å²) < 4.78 is 13.6. The van der Waals surface area contributed by atoms with Gasteiger partial charge in [-0.15, -0.1) is 0 Å². The van der Waals surface area contributed by atoms with Crippen LogP contribution in [0.1, 0.15) is 35.7 Å². The first-order valence-corrected chi connectivity index (χ1v) is 5.85. The van der Waals surface area contributed by atoms with Crippen molar-refractivity contribution in [3.8, 4) is 0 Å². The zero-order valence-electron chi connectivity index (χ0n) is 10.1. The number of nitrogens with two attached hydrogens (primary N) is 1. The number of primary amides is 1. The van der Waals surface area contributed by atoms with E-state index in [-0.39, 0.29) is 5.56 Å². The van der Waals surface area contributed by atoms with Gasteiger partial charge in [0.25, 0.3) is 0 Å². The predicted octanol–water partition coefficient (Wildman–Crippen LogP) is 2.44. The number of carbonyl (C=O) groups is 1. The molecule has 0 spiro atoms. The number of hydrogen-bond acceptors (Lipinski definition) is 2. The first kappa shape index (κ1) is 11.9. The van der Waals surface area contributed by atoms with Crippen LogP contribution in [0.4, 0.5) is 10.1 Å². The molecule has 0 aliphatic heterocycles. The Labute approximate surface area is 100 Å². The molecule has 3 nitrogen and oxygen atoms in total. The number of anilines is 1. The summed E-state index contributed by atoms with van der Waals surface area (Å²) in [5.41, 5.74) is 6.57. The van der Waals surface area contributed by atoms with Crippen LogP contribution in [0.3, 0.4) is 0 Å². The highest BCUT2D eigenvalue weighted by molar-refractivity contribution is 5.94. The Balaban J connectivity index is 2.27. The minimum absolute atomic E-state index is 0.207. The fraction of sp³-hybridized carbons (Fsp3) is 0.462. The standard InChI is InChI=1S/C13H17FN2O/c1-7-11(14)5-10(13(15)17)6-12(7)16-8(2)9-3-4-9/h5-6,8-9,16H,3-4H2,1-2H3,(H2,15,17). The zero-order chi connectivity index (χ0) is 12.6. The minimum atomic E-state index is -0.606. The number of carbonyl (C=O) groups excluding carboxylic acids is 1. The molecule has 0 heterocycles. The molecule has 1 aliphatic rings. The highest BCUT2D eigenvalue weighted by Crippen LogP contribution is 2.34. The van der Waals surface area contributed by atoms with Crippen LogP contribution in [-0.4, -0.2) is 11.9 Å². The highest BCUT2D eigenvalue weighted by Gasteiger charge is 2.28. The Hall–Kier alpha value is -1.58. The molecule has 0 radical (unpaired) electrons. The van der Waals surface area contributed by atoms with Gasteiger partial charge in [0, 0.05) is 22.9 Å². The van der Waals surface area contributed by atoms with Crippen LogP contribution in [0.25, 0.3) is 0 Å². The molecule has 4 heteroatoms. The average molecular weight is 236 g/mol. The SMILES string of the molecule is Cc1c(F)cc(C(N)=O)cc1NC(C)C1CC1. The van der Waals surface area contributed by atoms with Crippen molar-refractivity contribution in [3.63, 3.8) is 0 Å². The molecule has 1 aromatic carbocycles. The van der Waals surface area contributed by atoms with E-state index in [0.717, 1.165) is 0 Å². The van der Waals surface area contributed by atoms with Gasteiger partial charge in [-0.25, -0.2) is 4.39 Å². The molecule has 0 aromatic heterocycles. The molecule has 1 saturated carbocycles. The predicted molar refractivity (Wildman–Crippen MR) is 65.5 cm³/mol. The molecule has 1 fully saturated rings. The van der Waals surface area contributed by atoms with Gasteiger partial charge in [0.2, 0.25) is 5.91 Å². The summed E-state index contributed by atoms with van der Waals surface area (Å²) in [5.74, 6) is -0.340. The van der Waals surface area contributed by atoms with Crippen LogP contribution < -0.4 is 11.1 Å². The second-order valence-corrected chi connectivity index (χ2v) is 4.77. The van der Waals surface area contributed by atoms with Crippen molar-refractivity contribution < 1.29 is 9.18 Å². The maximum absolute atomic E-state index is 13.6. The molecule has 0 bridgehead atoms. The fourth-order valence-corrected chi connectivity index (χ4v) is 1.93. The first-order chi connectivity index (χ1) is 7.99.